The van der Waals surface area contributed by atoms with Gasteiger partial charge >= 0.3 is 0 Å². The van der Waals surface area contributed by atoms with E-state index in [0.717, 1.165) is 22.4 Å². The maximum absolute atomic E-state index is 5.69. The van der Waals surface area contributed by atoms with Crippen molar-refractivity contribution < 1.29 is 4.74 Å². The van der Waals surface area contributed by atoms with E-state index in [1.165, 1.54) is 0 Å². The number of aromatic nitrogens is 1. The molecule has 1 atom stereocenters. The van der Waals surface area contributed by atoms with Gasteiger partial charge in [0.05, 0.1) is 12.6 Å². The van der Waals surface area contributed by atoms with Crippen molar-refractivity contribution in [1.82, 2.24) is 10.4 Å². The Kier molecular flexibility index (Phi) is 4.49. The second-order valence-electron chi connectivity index (χ2n) is 4.40. The molecule has 2 rings (SSSR count). The molecule has 3 N–H and O–H groups in total. The number of hydrogen-bond donors (Lipinski definition) is 2. The van der Waals surface area contributed by atoms with Crippen molar-refractivity contribution in [3.63, 3.8) is 0 Å². The van der Waals surface area contributed by atoms with Crippen LogP contribution in [0.4, 0.5) is 0 Å². The molecule has 0 radical (unpaired) electrons. The molecule has 2 aromatic rings. The van der Waals surface area contributed by atoms with Gasteiger partial charge in [-0.15, -0.1) is 0 Å². The minimum Gasteiger partial charge on any atom is -0.494 e. The minimum absolute atomic E-state index is 0.0900. The minimum atomic E-state index is -0.0900. The third kappa shape index (κ3) is 3.30. The van der Waals surface area contributed by atoms with Gasteiger partial charge in [-0.3, -0.25) is 10.8 Å². The van der Waals surface area contributed by atoms with Crippen molar-refractivity contribution in [1.29, 1.82) is 0 Å². The first-order chi connectivity index (χ1) is 9.24. The zero-order chi connectivity index (χ0) is 13.7. The molecule has 0 bridgehead atoms. The number of hydrazine groups is 1. The predicted octanol–water partition coefficient (Wildman–Crippen LogP) is 2.34. The molecule has 0 amide bonds. The van der Waals surface area contributed by atoms with Crippen LogP contribution in [0.25, 0.3) is 0 Å². The Hall–Kier alpha value is -1.91. The van der Waals surface area contributed by atoms with Crippen molar-refractivity contribution >= 4 is 0 Å². The molecular formula is C15H19N3O. The summed E-state index contributed by atoms with van der Waals surface area (Å²) >= 11 is 0. The lowest BCUT2D eigenvalue weighted by Crippen LogP contribution is -2.29. The van der Waals surface area contributed by atoms with E-state index < -0.39 is 0 Å². The molecule has 0 spiro atoms. The fourth-order valence-corrected chi connectivity index (χ4v) is 2.07. The number of pyridine rings is 1. The van der Waals surface area contributed by atoms with E-state index >= 15 is 0 Å². The summed E-state index contributed by atoms with van der Waals surface area (Å²) in [7, 11) is 0. The van der Waals surface area contributed by atoms with Crippen molar-refractivity contribution in [2.75, 3.05) is 6.61 Å². The van der Waals surface area contributed by atoms with E-state index in [9.17, 15) is 0 Å². The zero-order valence-electron chi connectivity index (χ0n) is 11.3. The Morgan fingerprint density at radius 1 is 1.26 bits per heavy atom. The first-order valence-electron chi connectivity index (χ1n) is 6.35. The van der Waals surface area contributed by atoms with E-state index in [-0.39, 0.29) is 6.04 Å². The van der Waals surface area contributed by atoms with Crippen LogP contribution in [0.3, 0.4) is 0 Å². The quantitative estimate of drug-likeness (QED) is 0.637. The van der Waals surface area contributed by atoms with Crippen molar-refractivity contribution in [2.24, 2.45) is 5.84 Å². The van der Waals surface area contributed by atoms with Gasteiger partial charge in [0.15, 0.2) is 0 Å². The van der Waals surface area contributed by atoms with E-state index in [1.807, 2.05) is 50.5 Å². The molecule has 0 saturated heterocycles. The summed E-state index contributed by atoms with van der Waals surface area (Å²) in [5, 5.41) is 0. The number of rotatable bonds is 5. The van der Waals surface area contributed by atoms with Crippen LogP contribution in [-0.4, -0.2) is 11.6 Å². The summed E-state index contributed by atoms with van der Waals surface area (Å²) < 4.78 is 5.52. The number of hydrogen-bond acceptors (Lipinski definition) is 4. The average molecular weight is 257 g/mol. The molecular weight excluding hydrogens is 238 g/mol. The van der Waals surface area contributed by atoms with Crippen LogP contribution in [0.5, 0.6) is 5.75 Å². The Morgan fingerprint density at radius 3 is 2.79 bits per heavy atom. The van der Waals surface area contributed by atoms with Gasteiger partial charge in [0.2, 0.25) is 0 Å². The molecule has 0 aliphatic carbocycles. The molecule has 19 heavy (non-hydrogen) atoms. The summed E-state index contributed by atoms with van der Waals surface area (Å²) in [5.74, 6) is 6.54. The normalized spacial score (nSPS) is 12.2. The standard InChI is InChI=1S/C15H19N3O/c1-3-19-14-6-4-5-12(8-14)15(18-16)13-7-11(2)9-17-10-13/h4-10,15,18H,3,16H2,1-2H3. The van der Waals surface area contributed by atoms with E-state index in [0.29, 0.717) is 6.61 Å². The summed E-state index contributed by atoms with van der Waals surface area (Å²) in [6, 6.07) is 9.91. The molecule has 1 aromatic heterocycles. The second kappa shape index (κ2) is 6.31. The van der Waals surface area contributed by atoms with Crippen molar-refractivity contribution in [3.05, 3.63) is 59.4 Å². The highest BCUT2D eigenvalue weighted by atomic mass is 16.5. The lowest BCUT2D eigenvalue weighted by molar-refractivity contribution is 0.339. The molecule has 0 fully saturated rings. The van der Waals surface area contributed by atoms with E-state index in [1.54, 1.807) is 0 Å². The molecule has 0 aliphatic heterocycles. The van der Waals surface area contributed by atoms with Crippen LogP contribution in [-0.2, 0) is 0 Å². The fraction of sp³-hybridized carbons (Fsp3) is 0.267. The van der Waals surface area contributed by atoms with Gasteiger partial charge in [0, 0.05) is 12.4 Å². The highest BCUT2D eigenvalue weighted by Gasteiger charge is 2.13. The summed E-state index contributed by atoms with van der Waals surface area (Å²) in [5.41, 5.74) is 6.04. The Morgan fingerprint density at radius 2 is 2.11 bits per heavy atom. The lowest BCUT2D eigenvalue weighted by Gasteiger charge is -2.17. The van der Waals surface area contributed by atoms with Gasteiger partial charge in [-0.2, -0.15) is 0 Å². The van der Waals surface area contributed by atoms with Crippen LogP contribution in [0, 0.1) is 6.92 Å². The number of benzene rings is 1. The van der Waals surface area contributed by atoms with E-state index in [4.69, 9.17) is 10.6 Å². The van der Waals surface area contributed by atoms with Crippen LogP contribution >= 0.6 is 0 Å². The number of ether oxygens (including phenoxy) is 1. The Labute approximate surface area is 113 Å². The SMILES string of the molecule is CCOc1cccc(C(NN)c2cncc(C)c2)c1. The molecule has 100 valence electrons. The van der Waals surface area contributed by atoms with E-state index in [2.05, 4.69) is 16.5 Å². The monoisotopic (exact) mass is 257 g/mol. The second-order valence-corrected chi connectivity index (χ2v) is 4.40. The number of nitrogens with two attached hydrogens (primary N) is 1. The fourth-order valence-electron chi connectivity index (χ4n) is 2.07. The average Bonchev–Trinajstić information content (AvgIpc) is 2.41. The van der Waals surface area contributed by atoms with Gasteiger partial charge in [-0.25, -0.2) is 5.43 Å². The maximum Gasteiger partial charge on any atom is 0.119 e. The number of nitrogens with zero attached hydrogens (tertiary/aromatic N) is 1. The summed E-state index contributed by atoms with van der Waals surface area (Å²) in [6.07, 6.45) is 3.65. The smallest absolute Gasteiger partial charge is 0.119 e. The van der Waals surface area contributed by atoms with Crippen LogP contribution in [0.2, 0.25) is 0 Å². The Bertz CT molecular complexity index is 542. The lowest BCUT2D eigenvalue weighted by atomic mass is 10.00. The summed E-state index contributed by atoms with van der Waals surface area (Å²) in [6.45, 7) is 4.63. The largest absolute Gasteiger partial charge is 0.494 e. The van der Waals surface area contributed by atoms with Gasteiger partial charge < -0.3 is 4.74 Å². The van der Waals surface area contributed by atoms with Crippen LogP contribution in [0.1, 0.15) is 29.7 Å². The predicted molar refractivity (Wildman–Crippen MR) is 75.8 cm³/mol. The Balaban J connectivity index is 2.33. The summed E-state index contributed by atoms with van der Waals surface area (Å²) in [4.78, 5) is 4.21. The highest BCUT2D eigenvalue weighted by molar-refractivity contribution is 5.36. The van der Waals surface area contributed by atoms with Crippen molar-refractivity contribution in [2.45, 2.75) is 19.9 Å². The van der Waals surface area contributed by atoms with Crippen LogP contribution in [0.15, 0.2) is 42.7 Å². The molecule has 0 aliphatic rings. The third-order valence-corrected chi connectivity index (χ3v) is 2.90. The van der Waals surface area contributed by atoms with Gasteiger partial charge in [0.25, 0.3) is 0 Å². The zero-order valence-corrected chi connectivity index (χ0v) is 11.3. The van der Waals surface area contributed by atoms with Gasteiger partial charge in [0.1, 0.15) is 5.75 Å². The number of aryl methyl sites for hydroxylation is 1. The molecule has 4 nitrogen and oxygen atoms in total. The topological polar surface area (TPSA) is 60.2 Å². The molecule has 4 heteroatoms. The van der Waals surface area contributed by atoms with Crippen molar-refractivity contribution in [3.8, 4) is 5.75 Å². The first-order valence-corrected chi connectivity index (χ1v) is 6.35. The third-order valence-electron chi connectivity index (χ3n) is 2.90. The maximum atomic E-state index is 5.69. The molecule has 0 saturated carbocycles. The number of nitrogens with one attached hydrogen (secondary N) is 1. The molecule has 1 unspecified atom stereocenters. The molecule has 1 heterocycles. The first kappa shape index (κ1) is 13.5. The van der Waals surface area contributed by atoms with Gasteiger partial charge in [-0.05, 0) is 42.7 Å². The molecule has 1 aromatic carbocycles. The van der Waals surface area contributed by atoms with Gasteiger partial charge in [-0.1, -0.05) is 18.2 Å². The highest BCUT2D eigenvalue weighted by Crippen LogP contribution is 2.24. The van der Waals surface area contributed by atoms with Crippen LogP contribution < -0.4 is 16.0 Å².